The Morgan fingerprint density at radius 3 is 2.48 bits per heavy atom. The number of carbonyl (C=O) groups is 3. The van der Waals surface area contributed by atoms with Crippen molar-refractivity contribution < 1.29 is 19.1 Å². The first-order valence-electron chi connectivity index (χ1n) is 12.2. The lowest BCUT2D eigenvalue weighted by Crippen LogP contribution is -2.49. The summed E-state index contributed by atoms with van der Waals surface area (Å²) in [4.78, 5) is 42.4. The quantitative estimate of drug-likeness (QED) is 0.685. The number of hydrogen-bond acceptors (Lipinski definition) is 4. The van der Waals surface area contributed by atoms with Crippen LogP contribution in [0.2, 0.25) is 0 Å². The van der Waals surface area contributed by atoms with E-state index in [1.807, 2.05) is 31.7 Å². The van der Waals surface area contributed by atoms with Crippen molar-refractivity contribution in [2.24, 2.45) is 5.41 Å². The van der Waals surface area contributed by atoms with Crippen molar-refractivity contribution in [3.63, 3.8) is 0 Å². The first kappa shape index (κ1) is 25.1. The van der Waals surface area contributed by atoms with Crippen LogP contribution in [0.4, 0.5) is 10.5 Å². The van der Waals surface area contributed by atoms with Crippen LogP contribution in [0.5, 0.6) is 0 Å². The Bertz CT molecular complexity index is 903. The number of anilines is 1. The van der Waals surface area contributed by atoms with E-state index in [1.165, 1.54) is 13.5 Å². The number of benzene rings is 1. The summed E-state index contributed by atoms with van der Waals surface area (Å²) >= 11 is 0. The molecule has 1 aliphatic carbocycles. The summed E-state index contributed by atoms with van der Waals surface area (Å²) in [6.07, 6.45) is 5.75. The zero-order chi connectivity index (χ0) is 24.3. The van der Waals surface area contributed by atoms with Crippen LogP contribution in [-0.2, 0) is 16.0 Å². The van der Waals surface area contributed by atoms with E-state index in [-0.39, 0.29) is 30.4 Å². The molecular formula is C26H39N3O4. The van der Waals surface area contributed by atoms with Crippen molar-refractivity contribution in [1.82, 2.24) is 10.2 Å². The van der Waals surface area contributed by atoms with Crippen LogP contribution in [0.3, 0.4) is 0 Å². The molecule has 0 bridgehead atoms. The molecule has 0 saturated heterocycles. The maximum atomic E-state index is 13.8. The number of ether oxygens (including phenoxy) is 1. The third kappa shape index (κ3) is 5.33. The van der Waals surface area contributed by atoms with E-state index in [1.54, 1.807) is 4.90 Å². The summed E-state index contributed by atoms with van der Waals surface area (Å²) in [6, 6.07) is 4.34. The number of fused-ring (bicyclic) bond motifs is 1. The van der Waals surface area contributed by atoms with Gasteiger partial charge in [0.15, 0.2) is 0 Å². The highest BCUT2D eigenvalue weighted by molar-refractivity contribution is 6.03. The lowest BCUT2D eigenvalue weighted by atomic mass is 9.79. The predicted molar refractivity (Wildman–Crippen MR) is 130 cm³/mol. The molecule has 1 aromatic rings. The molecule has 182 valence electrons. The topological polar surface area (TPSA) is 79.0 Å². The van der Waals surface area contributed by atoms with Crippen molar-refractivity contribution in [2.45, 2.75) is 85.2 Å². The standard InChI is InChI=1S/C26H39N3O4/c1-17(2)29(20-10-8-7-9-11-20)23(30)21-15-22-19(14-18(21)3)16-26(4,5)24(31)28(22)13-12-27-25(32)33-6/h14-15,17,20H,7-13,16H2,1-6H3,(H,27,32). The van der Waals surface area contributed by atoms with Gasteiger partial charge in [0.2, 0.25) is 5.91 Å². The maximum Gasteiger partial charge on any atom is 0.406 e. The Morgan fingerprint density at radius 2 is 1.88 bits per heavy atom. The smallest absolute Gasteiger partial charge is 0.406 e. The van der Waals surface area contributed by atoms with Crippen molar-refractivity contribution in [2.75, 3.05) is 25.1 Å². The Labute approximate surface area is 197 Å². The number of rotatable bonds is 6. The molecule has 1 N–H and O–H groups in total. The molecule has 7 heteroatoms. The lowest BCUT2D eigenvalue weighted by molar-refractivity contribution is -0.127. The Hall–Kier alpha value is -2.57. The first-order valence-corrected chi connectivity index (χ1v) is 12.2. The van der Waals surface area contributed by atoms with Gasteiger partial charge in [-0.15, -0.1) is 0 Å². The van der Waals surface area contributed by atoms with Crippen molar-refractivity contribution in [3.05, 3.63) is 28.8 Å². The van der Waals surface area contributed by atoms with Crippen LogP contribution in [0.1, 0.15) is 81.3 Å². The average molecular weight is 458 g/mol. The number of amides is 3. The van der Waals surface area contributed by atoms with Gasteiger partial charge in [-0.05, 0) is 57.2 Å². The molecule has 7 nitrogen and oxygen atoms in total. The number of aryl methyl sites for hydroxylation is 1. The van der Waals surface area contributed by atoms with Crippen LogP contribution >= 0.6 is 0 Å². The summed E-state index contributed by atoms with van der Waals surface area (Å²) in [6.45, 7) is 10.6. The fourth-order valence-electron chi connectivity index (χ4n) is 5.29. The summed E-state index contributed by atoms with van der Waals surface area (Å²) in [7, 11) is 1.31. The van der Waals surface area contributed by atoms with Gasteiger partial charge >= 0.3 is 6.09 Å². The Morgan fingerprint density at radius 1 is 1.21 bits per heavy atom. The highest BCUT2D eigenvalue weighted by Crippen LogP contribution is 2.39. The largest absolute Gasteiger partial charge is 0.453 e. The van der Waals surface area contributed by atoms with Crippen molar-refractivity contribution >= 4 is 23.6 Å². The molecule has 2 aliphatic rings. The summed E-state index contributed by atoms with van der Waals surface area (Å²) in [5.41, 5.74) is 2.87. The van der Waals surface area contributed by atoms with E-state index in [2.05, 4.69) is 30.0 Å². The fourth-order valence-corrected chi connectivity index (χ4v) is 5.29. The molecule has 1 fully saturated rings. The molecule has 1 aromatic carbocycles. The summed E-state index contributed by atoms with van der Waals surface area (Å²) in [5, 5.41) is 2.65. The number of methoxy groups -OCH3 is 1. The van der Waals surface area contributed by atoms with Gasteiger partial charge in [0.25, 0.3) is 5.91 Å². The van der Waals surface area contributed by atoms with Gasteiger partial charge in [-0.2, -0.15) is 0 Å². The van der Waals surface area contributed by atoms with Gasteiger partial charge in [-0.25, -0.2) is 4.79 Å². The van der Waals surface area contributed by atoms with E-state index >= 15 is 0 Å². The highest BCUT2D eigenvalue weighted by atomic mass is 16.5. The minimum Gasteiger partial charge on any atom is -0.453 e. The molecule has 33 heavy (non-hydrogen) atoms. The molecule has 0 spiro atoms. The lowest BCUT2D eigenvalue weighted by Gasteiger charge is -2.40. The number of nitrogens with zero attached hydrogens (tertiary/aromatic N) is 2. The van der Waals surface area contributed by atoms with Gasteiger partial charge in [0.1, 0.15) is 0 Å². The van der Waals surface area contributed by atoms with Gasteiger partial charge < -0.3 is 19.9 Å². The second-order valence-electron chi connectivity index (χ2n) is 10.3. The number of hydrogen-bond donors (Lipinski definition) is 1. The predicted octanol–water partition coefficient (Wildman–Crippen LogP) is 4.45. The van der Waals surface area contributed by atoms with Crippen LogP contribution in [0.25, 0.3) is 0 Å². The van der Waals surface area contributed by atoms with Crippen molar-refractivity contribution in [3.8, 4) is 0 Å². The summed E-state index contributed by atoms with van der Waals surface area (Å²) in [5.74, 6) is 0.0408. The second-order valence-corrected chi connectivity index (χ2v) is 10.3. The third-order valence-electron chi connectivity index (χ3n) is 6.95. The average Bonchev–Trinajstić information content (AvgIpc) is 2.76. The van der Waals surface area contributed by atoms with Crippen LogP contribution < -0.4 is 10.2 Å². The molecule has 0 unspecified atom stereocenters. The Kier molecular flexibility index (Phi) is 7.70. The third-order valence-corrected chi connectivity index (χ3v) is 6.95. The van der Waals surface area contributed by atoms with Gasteiger partial charge in [-0.3, -0.25) is 9.59 Å². The van der Waals surface area contributed by atoms with Crippen LogP contribution in [0.15, 0.2) is 12.1 Å². The maximum absolute atomic E-state index is 13.8. The SMILES string of the molecule is COC(=O)NCCN1C(=O)C(C)(C)Cc2cc(C)c(C(=O)N(C(C)C)C3CCCCC3)cc21. The second kappa shape index (κ2) is 10.1. The van der Waals surface area contributed by atoms with Crippen LogP contribution in [0, 0.1) is 12.3 Å². The highest BCUT2D eigenvalue weighted by Gasteiger charge is 2.40. The normalized spacial score (nSPS) is 18.2. The molecular weight excluding hydrogens is 418 g/mol. The van der Waals surface area contributed by atoms with Gasteiger partial charge in [-0.1, -0.05) is 39.2 Å². The molecule has 0 aromatic heterocycles. The summed E-state index contributed by atoms with van der Waals surface area (Å²) < 4.78 is 4.65. The van der Waals surface area contributed by atoms with Gasteiger partial charge in [0, 0.05) is 41.8 Å². The minimum atomic E-state index is -0.553. The molecule has 3 amide bonds. The molecule has 3 rings (SSSR count). The number of alkyl carbamates (subject to hydrolysis) is 1. The van der Waals surface area contributed by atoms with E-state index in [4.69, 9.17) is 0 Å². The molecule has 0 radical (unpaired) electrons. The zero-order valence-electron chi connectivity index (χ0n) is 21.0. The molecule has 1 heterocycles. The van der Waals surface area contributed by atoms with E-state index < -0.39 is 11.5 Å². The van der Waals surface area contributed by atoms with Gasteiger partial charge in [0.05, 0.1) is 7.11 Å². The van der Waals surface area contributed by atoms with E-state index in [9.17, 15) is 14.4 Å². The van der Waals surface area contributed by atoms with E-state index in [0.29, 0.717) is 18.5 Å². The van der Waals surface area contributed by atoms with Crippen LogP contribution in [-0.4, -0.2) is 55.1 Å². The zero-order valence-corrected chi connectivity index (χ0v) is 21.0. The molecule has 0 atom stereocenters. The van der Waals surface area contributed by atoms with Crippen molar-refractivity contribution in [1.29, 1.82) is 0 Å². The van der Waals surface area contributed by atoms with E-state index in [0.717, 1.165) is 42.5 Å². The first-order chi connectivity index (χ1) is 15.6. The Balaban J connectivity index is 1.96. The number of carbonyl (C=O) groups excluding carboxylic acids is 3. The monoisotopic (exact) mass is 457 g/mol. The minimum absolute atomic E-state index is 0.00286. The number of nitrogens with one attached hydrogen (secondary N) is 1. The molecule has 1 aliphatic heterocycles. The molecule has 1 saturated carbocycles. The fraction of sp³-hybridized carbons (Fsp3) is 0.654.